The van der Waals surface area contributed by atoms with Gasteiger partial charge in [0.25, 0.3) is 0 Å². The molecule has 0 saturated heterocycles. The predicted octanol–water partition coefficient (Wildman–Crippen LogP) is 4.33. The van der Waals surface area contributed by atoms with Crippen LogP contribution in [0.25, 0.3) is 0 Å². The van der Waals surface area contributed by atoms with Gasteiger partial charge in [0, 0.05) is 30.2 Å². The molecule has 0 amide bonds. The molecule has 1 saturated carbocycles. The van der Waals surface area contributed by atoms with Crippen molar-refractivity contribution in [3.05, 3.63) is 53.3 Å². The molecule has 0 aliphatic heterocycles. The first-order valence-electron chi connectivity index (χ1n) is 9.08. The molecule has 2 aliphatic rings. The second kappa shape index (κ2) is 8.18. The Labute approximate surface area is 144 Å². The van der Waals surface area contributed by atoms with E-state index in [0.717, 1.165) is 29.9 Å². The van der Waals surface area contributed by atoms with Crippen molar-refractivity contribution in [2.24, 2.45) is 0 Å². The van der Waals surface area contributed by atoms with Gasteiger partial charge in [-0.1, -0.05) is 43.5 Å². The molecule has 1 aromatic carbocycles. The van der Waals surface area contributed by atoms with Gasteiger partial charge in [-0.05, 0) is 37.0 Å². The predicted molar refractivity (Wildman–Crippen MR) is 97.1 cm³/mol. The van der Waals surface area contributed by atoms with Crippen molar-refractivity contribution in [3.8, 4) is 5.75 Å². The molecule has 3 nitrogen and oxygen atoms in total. The highest BCUT2D eigenvalue weighted by Crippen LogP contribution is 2.24. The summed E-state index contributed by atoms with van der Waals surface area (Å²) in [7, 11) is 1.68. The fraction of sp³-hybridized carbons (Fsp3) is 0.476. The summed E-state index contributed by atoms with van der Waals surface area (Å²) >= 11 is 0. The highest BCUT2D eigenvalue weighted by atomic mass is 16.5. The van der Waals surface area contributed by atoms with Crippen LogP contribution in [0.1, 0.15) is 50.5 Å². The Morgan fingerprint density at radius 3 is 2.58 bits per heavy atom. The van der Waals surface area contributed by atoms with Gasteiger partial charge >= 0.3 is 0 Å². The van der Waals surface area contributed by atoms with E-state index in [1.54, 1.807) is 7.11 Å². The van der Waals surface area contributed by atoms with E-state index < -0.39 is 0 Å². The van der Waals surface area contributed by atoms with Crippen molar-refractivity contribution in [2.45, 2.75) is 57.4 Å². The molecule has 0 bridgehead atoms. The fourth-order valence-electron chi connectivity index (χ4n) is 3.58. The molecule has 1 aromatic rings. The maximum atomic E-state index is 12.4. The smallest absolute Gasteiger partial charge is 0.164 e. The van der Waals surface area contributed by atoms with Gasteiger partial charge in [-0.2, -0.15) is 0 Å². The lowest BCUT2D eigenvalue weighted by atomic mass is 9.92. The van der Waals surface area contributed by atoms with Gasteiger partial charge in [0.05, 0.1) is 7.11 Å². The zero-order valence-corrected chi connectivity index (χ0v) is 14.5. The normalized spacial score (nSPS) is 20.8. The number of ether oxygens (including phenoxy) is 1. The van der Waals surface area contributed by atoms with Crippen LogP contribution in [0, 0.1) is 0 Å². The summed E-state index contributed by atoms with van der Waals surface area (Å²) in [6.07, 6.45) is 12.7. The summed E-state index contributed by atoms with van der Waals surface area (Å²) in [4.78, 5) is 12.4. The molecular weight excluding hydrogens is 298 g/mol. The first-order chi connectivity index (χ1) is 11.8. The van der Waals surface area contributed by atoms with Crippen molar-refractivity contribution >= 4 is 5.78 Å². The van der Waals surface area contributed by atoms with E-state index in [0.29, 0.717) is 12.5 Å². The largest absolute Gasteiger partial charge is 0.497 e. The zero-order chi connectivity index (χ0) is 16.8. The summed E-state index contributed by atoms with van der Waals surface area (Å²) in [5, 5.41) is 3.71. The Balaban J connectivity index is 1.83. The number of carbonyl (C=O) groups is 1. The van der Waals surface area contributed by atoms with Crippen molar-refractivity contribution in [1.29, 1.82) is 0 Å². The monoisotopic (exact) mass is 325 g/mol. The van der Waals surface area contributed by atoms with Crippen LogP contribution >= 0.6 is 0 Å². The molecule has 24 heavy (non-hydrogen) atoms. The van der Waals surface area contributed by atoms with Crippen LogP contribution in [-0.2, 0) is 11.2 Å². The quantitative estimate of drug-likeness (QED) is 0.819. The second-order valence-corrected chi connectivity index (χ2v) is 6.76. The van der Waals surface area contributed by atoms with E-state index in [9.17, 15) is 4.79 Å². The van der Waals surface area contributed by atoms with Crippen molar-refractivity contribution in [3.63, 3.8) is 0 Å². The number of nitrogens with one attached hydrogen (secondary N) is 1. The second-order valence-electron chi connectivity index (χ2n) is 6.76. The third kappa shape index (κ3) is 4.28. The number of rotatable bonds is 5. The molecule has 0 unspecified atom stereocenters. The summed E-state index contributed by atoms with van der Waals surface area (Å²) in [6.45, 7) is 0. The van der Waals surface area contributed by atoms with Crippen LogP contribution in [0.2, 0.25) is 0 Å². The van der Waals surface area contributed by atoms with E-state index in [4.69, 9.17) is 4.74 Å². The van der Waals surface area contributed by atoms with Crippen LogP contribution in [0.5, 0.6) is 5.75 Å². The lowest BCUT2D eigenvalue weighted by Gasteiger charge is -2.27. The van der Waals surface area contributed by atoms with E-state index in [1.165, 1.54) is 37.7 Å². The highest BCUT2D eigenvalue weighted by molar-refractivity contribution is 5.99. The molecule has 0 spiro atoms. The Hall–Kier alpha value is -2.03. The van der Waals surface area contributed by atoms with E-state index in [-0.39, 0.29) is 5.78 Å². The highest BCUT2D eigenvalue weighted by Gasteiger charge is 2.20. The Bertz CT molecular complexity index is 622. The number of Topliss-reactive ketones (excluding diaryl/α,β-unsaturated/α-hetero) is 1. The summed E-state index contributed by atoms with van der Waals surface area (Å²) in [5.41, 5.74) is 3.17. The SMILES string of the molecule is COc1ccc(C/C(NC2CCCCC2)=C2\C=CCCC2=O)cc1. The minimum absolute atomic E-state index is 0.268. The van der Waals surface area contributed by atoms with E-state index >= 15 is 0 Å². The lowest BCUT2D eigenvalue weighted by molar-refractivity contribution is -0.115. The van der Waals surface area contributed by atoms with Gasteiger partial charge in [0.2, 0.25) is 0 Å². The van der Waals surface area contributed by atoms with Crippen LogP contribution < -0.4 is 10.1 Å². The Morgan fingerprint density at radius 1 is 1.17 bits per heavy atom. The number of methoxy groups -OCH3 is 1. The molecule has 0 radical (unpaired) electrons. The zero-order valence-electron chi connectivity index (χ0n) is 14.5. The van der Waals surface area contributed by atoms with Gasteiger partial charge in [-0.25, -0.2) is 0 Å². The molecule has 1 N–H and O–H groups in total. The number of carbonyl (C=O) groups excluding carboxylic acids is 1. The third-order valence-electron chi connectivity index (χ3n) is 4.97. The van der Waals surface area contributed by atoms with Gasteiger partial charge in [-0.3, -0.25) is 4.79 Å². The van der Waals surface area contributed by atoms with Crippen LogP contribution in [0.15, 0.2) is 47.7 Å². The minimum atomic E-state index is 0.268. The summed E-state index contributed by atoms with van der Waals surface area (Å²) in [5.74, 6) is 1.13. The van der Waals surface area contributed by atoms with Crippen LogP contribution in [-0.4, -0.2) is 18.9 Å². The van der Waals surface area contributed by atoms with E-state index in [1.807, 2.05) is 18.2 Å². The van der Waals surface area contributed by atoms with Crippen LogP contribution in [0.4, 0.5) is 0 Å². The number of ketones is 1. The third-order valence-corrected chi connectivity index (χ3v) is 4.97. The molecular formula is C21H27NO2. The van der Waals surface area contributed by atoms with Crippen molar-refractivity contribution in [2.75, 3.05) is 7.11 Å². The molecule has 3 heteroatoms. The standard InChI is InChI=1S/C21H27NO2/c1-24-18-13-11-16(12-14-18)15-20(19-9-5-6-10-21(19)23)22-17-7-3-2-4-8-17/h5,9,11-14,17,22H,2-4,6-8,10,15H2,1H3/b20-19-. The number of hydrogen-bond donors (Lipinski definition) is 1. The lowest BCUT2D eigenvalue weighted by Crippen LogP contribution is -2.33. The average molecular weight is 325 g/mol. The first-order valence-corrected chi connectivity index (χ1v) is 9.08. The topological polar surface area (TPSA) is 38.3 Å². The maximum Gasteiger partial charge on any atom is 0.164 e. The molecule has 1 fully saturated rings. The maximum absolute atomic E-state index is 12.4. The van der Waals surface area contributed by atoms with E-state index in [2.05, 4.69) is 23.5 Å². The number of benzene rings is 1. The minimum Gasteiger partial charge on any atom is -0.497 e. The van der Waals surface area contributed by atoms with Gasteiger partial charge < -0.3 is 10.1 Å². The molecule has 2 aliphatic carbocycles. The average Bonchev–Trinajstić information content (AvgIpc) is 2.63. The molecule has 0 atom stereocenters. The summed E-state index contributed by atoms with van der Waals surface area (Å²) in [6, 6.07) is 8.63. The first kappa shape index (κ1) is 16.8. The van der Waals surface area contributed by atoms with Gasteiger partial charge in [-0.15, -0.1) is 0 Å². The Kier molecular flexibility index (Phi) is 5.73. The fourth-order valence-corrected chi connectivity index (χ4v) is 3.58. The molecule has 3 rings (SSSR count). The molecule has 128 valence electrons. The van der Waals surface area contributed by atoms with Crippen molar-refractivity contribution in [1.82, 2.24) is 5.32 Å². The Morgan fingerprint density at radius 2 is 1.92 bits per heavy atom. The number of hydrogen-bond acceptors (Lipinski definition) is 3. The number of allylic oxidation sites excluding steroid dienone is 4. The molecule has 0 aromatic heterocycles. The molecule has 0 heterocycles. The van der Waals surface area contributed by atoms with Crippen molar-refractivity contribution < 1.29 is 9.53 Å². The summed E-state index contributed by atoms with van der Waals surface area (Å²) < 4.78 is 5.24. The van der Waals surface area contributed by atoms with Gasteiger partial charge in [0.1, 0.15) is 5.75 Å². The van der Waals surface area contributed by atoms with Crippen LogP contribution in [0.3, 0.4) is 0 Å². The van der Waals surface area contributed by atoms with Gasteiger partial charge in [0.15, 0.2) is 5.78 Å².